The predicted octanol–water partition coefficient (Wildman–Crippen LogP) is 4.62. The van der Waals surface area contributed by atoms with E-state index in [0.717, 1.165) is 18.9 Å². The van der Waals surface area contributed by atoms with Crippen LogP contribution in [0.3, 0.4) is 0 Å². The van der Waals surface area contributed by atoms with Gasteiger partial charge < -0.3 is 11.1 Å². The van der Waals surface area contributed by atoms with Crippen LogP contribution < -0.4 is 11.1 Å². The van der Waals surface area contributed by atoms with Crippen molar-refractivity contribution in [3.63, 3.8) is 0 Å². The molecule has 0 aliphatic carbocycles. The summed E-state index contributed by atoms with van der Waals surface area (Å²) in [6.07, 6.45) is -0.623. The molecule has 0 aliphatic rings. The zero-order valence-electron chi connectivity index (χ0n) is 12.0. The second-order valence-corrected chi connectivity index (χ2v) is 6.02. The molecule has 6 heteroatoms. The van der Waals surface area contributed by atoms with E-state index in [9.17, 15) is 13.2 Å². The van der Waals surface area contributed by atoms with Crippen LogP contribution in [0, 0.1) is 0 Å². The first-order chi connectivity index (χ1) is 9.28. The van der Waals surface area contributed by atoms with Crippen LogP contribution in [0.4, 0.5) is 24.5 Å². The third kappa shape index (κ3) is 3.98. The molecule has 0 amide bonds. The van der Waals surface area contributed by atoms with E-state index >= 15 is 0 Å². The Morgan fingerprint density at radius 1 is 1.20 bits per heavy atom. The van der Waals surface area contributed by atoms with Crippen LogP contribution in [0.2, 0.25) is 0 Å². The highest BCUT2D eigenvalue weighted by Gasteiger charge is 2.34. The van der Waals surface area contributed by atoms with Crippen LogP contribution in [0.25, 0.3) is 0 Å². The summed E-state index contributed by atoms with van der Waals surface area (Å²) in [5.74, 6) is 0. The SMILES string of the molecule is CCC(CC)(CNc1ccc(N)cc1C(F)(F)F)SC. The Morgan fingerprint density at radius 3 is 2.25 bits per heavy atom. The number of halogens is 3. The molecule has 114 valence electrons. The first kappa shape index (κ1) is 17.0. The summed E-state index contributed by atoms with van der Waals surface area (Å²) in [5, 5.41) is 2.94. The van der Waals surface area contributed by atoms with Gasteiger partial charge in [0.1, 0.15) is 0 Å². The van der Waals surface area contributed by atoms with Crippen LogP contribution in [0.5, 0.6) is 0 Å². The molecule has 3 N–H and O–H groups in total. The Hall–Kier alpha value is -1.04. The minimum absolute atomic E-state index is 0.0513. The molecule has 20 heavy (non-hydrogen) atoms. The molecule has 0 saturated heterocycles. The molecular formula is C14H21F3N2S. The van der Waals surface area contributed by atoms with Crippen LogP contribution in [-0.2, 0) is 6.18 Å². The van der Waals surface area contributed by atoms with Crippen molar-refractivity contribution in [2.45, 2.75) is 37.6 Å². The van der Waals surface area contributed by atoms with Gasteiger partial charge in [-0.05, 0) is 37.3 Å². The summed E-state index contributed by atoms with van der Waals surface area (Å²) >= 11 is 1.68. The first-order valence-corrected chi connectivity index (χ1v) is 7.76. The molecule has 0 spiro atoms. The summed E-state index contributed by atoms with van der Waals surface area (Å²) in [4.78, 5) is 0. The van der Waals surface area contributed by atoms with Crippen molar-refractivity contribution in [3.05, 3.63) is 23.8 Å². The average Bonchev–Trinajstić information content (AvgIpc) is 2.41. The lowest BCUT2D eigenvalue weighted by molar-refractivity contribution is -0.136. The van der Waals surface area contributed by atoms with Gasteiger partial charge in [-0.1, -0.05) is 13.8 Å². The normalized spacial score (nSPS) is 12.5. The topological polar surface area (TPSA) is 38.0 Å². The Balaban J connectivity index is 2.98. The summed E-state index contributed by atoms with van der Waals surface area (Å²) in [6, 6.07) is 3.85. The lowest BCUT2D eigenvalue weighted by Gasteiger charge is -2.31. The molecule has 2 nitrogen and oxygen atoms in total. The molecule has 1 aromatic rings. The molecule has 1 aromatic carbocycles. The fraction of sp³-hybridized carbons (Fsp3) is 0.571. The van der Waals surface area contributed by atoms with Crippen molar-refractivity contribution in [3.8, 4) is 0 Å². The average molecular weight is 306 g/mol. The van der Waals surface area contributed by atoms with Crippen LogP contribution in [0.15, 0.2) is 18.2 Å². The fourth-order valence-electron chi connectivity index (χ4n) is 2.07. The minimum Gasteiger partial charge on any atom is -0.399 e. The van der Waals surface area contributed by atoms with Gasteiger partial charge in [-0.3, -0.25) is 0 Å². The van der Waals surface area contributed by atoms with Crippen molar-refractivity contribution in [1.82, 2.24) is 0 Å². The second kappa shape index (κ2) is 6.61. The lowest BCUT2D eigenvalue weighted by Crippen LogP contribution is -2.32. The Morgan fingerprint density at radius 2 is 1.80 bits per heavy atom. The minimum atomic E-state index is -4.40. The Bertz CT molecular complexity index is 434. The molecule has 0 aliphatic heterocycles. The van der Waals surface area contributed by atoms with E-state index in [1.165, 1.54) is 12.1 Å². The van der Waals surface area contributed by atoms with E-state index in [0.29, 0.717) is 6.54 Å². The van der Waals surface area contributed by atoms with Gasteiger partial charge in [0.05, 0.1) is 5.56 Å². The van der Waals surface area contributed by atoms with E-state index in [2.05, 4.69) is 19.2 Å². The molecule has 0 atom stereocenters. The summed E-state index contributed by atoms with van der Waals surface area (Å²) in [7, 11) is 0. The lowest BCUT2D eigenvalue weighted by atomic mass is 10.0. The van der Waals surface area contributed by atoms with Crippen molar-refractivity contribution >= 4 is 23.1 Å². The number of nitrogens with one attached hydrogen (secondary N) is 1. The van der Waals surface area contributed by atoms with Crippen LogP contribution in [-0.4, -0.2) is 17.5 Å². The molecule has 0 saturated carbocycles. The molecular weight excluding hydrogens is 285 g/mol. The highest BCUT2D eigenvalue weighted by Crippen LogP contribution is 2.37. The maximum atomic E-state index is 13.0. The number of nitrogen functional groups attached to an aromatic ring is 1. The number of hydrogen-bond donors (Lipinski definition) is 2. The number of anilines is 2. The van der Waals surface area contributed by atoms with Gasteiger partial charge in [0, 0.05) is 22.7 Å². The molecule has 0 heterocycles. The van der Waals surface area contributed by atoms with E-state index in [-0.39, 0.29) is 16.1 Å². The van der Waals surface area contributed by atoms with Gasteiger partial charge in [0.25, 0.3) is 0 Å². The van der Waals surface area contributed by atoms with Gasteiger partial charge in [-0.25, -0.2) is 0 Å². The predicted molar refractivity (Wildman–Crippen MR) is 81.2 cm³/mol. The number of benzene rings is 1. The third-order valence-corrected chi connectivity index (χ3v) is 5.26. The zero-order chi connectivity index (χ0) is 15.4. The van der Waals surface area contributed by atoms with Crippen molar-refractivity contribution < 1.29 is 13.2 Å². The smallest absolute Gasteiger partial charge is 0.399 e. The maximum absolute atomic E-state index is 13.0. The summed E-state index contributed by atoms with van der Waals surface area (Å²) < 4.78 is 38.9. The van der Waals surface area contributed by atoms with Gasteiger partial charge >= 0.3 is 6.18 Å². The highest BCUT2D eigenvalue weighted by molar-refractivity contribution is 8.00. The van der Waals surface area contributed by atoms with E-state index in [4.69, 9.17) is 5.73 Å². The Labute approximate surface area is 122 Å². The molecule has 1 rings (SSSR count). The van der Waals surface area contributed by atoms with E-state index in [1.54, 1.807) is 11.8 Å². The van der Waals surface area contributed by atoms with Gasteiger partial charge in [0.15, 0.2) is 0 Å². The quantitative estimate of drug-likeness (QED) is 0.753. The molecule has 0 fully saturated rings. The number of nitrogens with two attached hydrogens (primary N) is 1. The zero-order valence-corrected chi connectivity index (χ0v) is 12.8. The number of thioether (sulfide) groups is 1. The van der Waals surface area contributed by atoms with Crippen molar-refractivity contribution in [1.29, 1.82) is 0 Å². The monoisotopic (exact) mass is 306 g/mol. The molecule has 0 bridgehead atoms. The third-order valence-electron chi connectivity index (χ3n) is 3.67. The summed E-state index contributed by atoms with van der Waals surface area (Å²) in [6.45, 7) is 4.60. The van der Waals surface area contributed by atoms with Gasteiger partial charge in [-0.15, -0.1) is 0 Å². The van der Waals surface area contributed by atoms with Crippen molar-refractivity contribution in [2.24, 2.45) is 0 Å². The number of hydrogen-bond acceptors (Lipinski definition) is 3. The fourth-order valence-corrected chi connectivity index (χ4v) is 2.86. The molecule has 0 aromatic heterocycles. The first-order valence-electron chi connectivity index (χ1n) is 6.53. The second-order valence-electron chi connectivity index (χ2n) is 4.75. The molecule has 0 unspecified atom stereocenters. The van der Waals surface area contributed by atoms with Crippen molar-refractivity contribution in [2.75, 3.05) is 23.9 Å². The number of alkyl halides is 3. The largest absolute Gasteiger partial charge is 0.418 e. The van der Waals surface area contributed by atoms with E-state index in [1.807, 2.05) is 6.26 Å². The highest BCUT2D eigenvalue weighted by atomic mass is 32.2. The Kier molecular flexibility index (Phi) is 5.62. The van der Waals surface area contributed by atoms with Crippen LogP contribution in [0.1, 0.15) is 32.3 Å². The molecule has 0 radical (unpaired) electrons. The van der Waals surface area contributed by atoms with Gasteiger partial charge in [0.2, 0.25) is 0 Å². The van der Waals surface area contributed by atoms with E-state index < -0.39 is 11.7 Å². The standard InChI is InChI=1S/C14H21F3N2S/c1-4-13(5-2,20-3)9-19-12-7-6-10(18)8-11(12)14(15,16)17/h6-8,19H,4-5,9,18H2,1-3H3. The summed E-state index contributed by atoms with van der Waals surface area (Å²) in [5.41, 5.74) is 4.95. The maximum Gasteiger partial charge on any atom is 0.418 e. The van der Waals surface area contributed by atoms with Crippen LogP contribution >= 0.6 is 11.8 Å². The number of rotatable bonds is 6. The van der Waals surface area contributed by atoms with Gasteiger partial charge in [-0.2, -0.15) is 24.9 Å².